The molecule has 0 aromatic heterocycles. The molecule has 0 saturated heterocycles. The lowest BCUT2D eigenvalue weighted by Gasteiger charge is -2.02. The summed E-state index contributed by atoms with van der Waals surface area (Å²) >= 11 is 11.6. The van der Waals surface area contributed by atoms with Gasteiger partial charge in [-0.3, -0.25) is 0 Å². The standard InChI is InChI=1S/C10H9Cl2FO/c11-8-2-1-5(3-9(8)12)6-4-7(6)10(13)14/h1-3,6-7,10,14H,4H2. The zero-order chi connectivity index (χ0) is 10.3. The zero-order valence-corrected chi connectivity index (χ0v) is 8.76. The molecule has 2 rings (SSSR count). The second kappa shape index (κ2) is 3.69. The summed E-state index contributed by atoms with van der Waals surface area (Å²) in [7, 11) is 0. The van der Waals surface area contributed by atoms with Crippen LogP contribution in [0.4, 0.5) is 4.39 Å². The molecule has 1 aromatic rings. The van der Waals surface area contributed by atoms with E-state index in [1.165, 1.54) is 0 Å². The van der Waals surface area contributed by atoms with Crippen molar-refractivity contribution >= 4 is 23.2 Å². The highest BCUT2D eigenvalue weighted by molar-refractivity contribution is 6.42. The van der Waals surface area contributed by atoms with Crippen molar-refractivity contribution in [3.05, 3.63) is 33.8 Å². The molecule has 1 aliphatic carbocycles. The Hall–Kier alpha value is -0.310. The van der Waals surface area contributed by atoms with Gasteiger partial charge in [0.25, 0.3) is 0 Å². The molecule has 0 bridgehead atoms. The molecule has 1 aliphatic rings. The Labute approximate surface area is 91.5 Å². The van der Waals surface area contributed by atoms with Crippen molar-refractivity contribution in [2.45, 2.75) is 18.7 Å². The maximum Gasteiger partial charge on any atom is 0.199 e. The van der Waals surface area contributed by atoms with E-state index in [1.807, 2.05) is 6.07 Å². The van der Waals surface area contributed by atoms with Gasteiger partial charge in [-0.15, -0.1) is 0 Å². The molecule has 4 heteroatoms. The molecule has 0 amide bonds. The molecule has 0 heterocycles. The predicted octanol–water partition coefficient (Wildman–Crippen LogP) is 3.38. The molecular formula is C10H9Cl2FO. The summed E-state index contributed by atoms with van der Waals surface area (Å²) in [6.45, 7) is 0. The molecule has 1 aromatic carbocycles. The first-order chi connectivity index (χ1) is 6.59. The van der Waals surface area contributed by atoms with Gasteiger partial charge in [-0.2, -0.15) is 0 Å². The van der Waals surface area contributed by atoms with Crippen LogP contribution in [0.2, 0.25) is 10.0 Å². The topological polar surface area (TPSA) is 20.2 Å². The molecular weight excluding hydrogens is 226 g/mol. The Morgan fingerprint density at radius 2 is 2.07 bits per heavy atom. The number of hydrogen-bond donors (Lipinski definition) is 1. The largest absolute Gasteiger partial charge is 0.364 e. The van der Waals surface area contributed by atoms with E-state index in [1.54, 1.807) is 12.1 Å². The fourth-order valence-electron chi connectivity index (χ4n) is 1.64. The molecule has 14 heavy (non-hydrogen) atoms. The smallest absolute Gasteiger partial charge is 0.199 e. The Morgan fingerprint density at radius 1 is 1.36 bits per heavy atom. The van der Waals surface area contributed by atoms with E-state index in [-0.39, 0.29) is 11.8 Å². The fraction of sp³-hybridized carbons (Fsp3) is 0.400. The van der Waals surface area contributed by atoms with Gasteiger partial charge in [0, 0.05) is 5.92 Å². The van der Waals surface area contributed by atoms with Gasteiger partial charge in [0.2, 0.25) is 0 Å². The lowest BCUT2D eigenvalue weighted by molar-refractivity contribution is 0.0203. The summed E-state index contributed by atoms with van der Waals surface area (Å²) in [4.78, 5) is 0. The lowest BCUT2D eigenvalue weighted by Crippen LogP contribution is -2.01. The summed E-state index contributed by atoms with van der Waals surface area (Å²) in [6.07, 6.45) is -1.05. The average Bonchev–Trinajstić information content (AvgIpc) is 2.89. The Bertz CT molecular complexity index is 354. The lowest BCUT2D eigenvalue weighted by atomic mass is 10.1. The van der Waals surface area contributed by atoms with E-state index in [4.69, 9.17) is 28.3 Å². The summed E-state index contributed by atoms with van der Waals surface area (Å²) in [5.74, 6) is -0.183. The van der Waals surface area contributed by atoms with Crippen LogP contribution in [0.25, 0.3) is 0 Å². The first kappa shape index (κ1) is 10.2. The Kier molecular flexibility index (Phi) is 2.69. The van der Waals surface area contributed by atoms with Crippen LogP contribution in [0.15, 0.2) is 18.2 Å². The van der Waals surface area contributed by atoms with E-state index in [2.05, 4.69) is 0 Å². The minimum atomic E-state index is -1.73. The first-order valence-electron chi connectivity index (χ1n) is 4.36. The first-order valence-corrected chi connectivity index (χ1v) is 5.12. The van der Waals surface area contributed by atoms with Crippen LogP contribution in [0.3, 0.4) is 0 Å². The van der Waals surface area contributed by atoms with Crippen LogP contribution in [0.5, 0.6) is 0 Å². The normalized spacial score (nSPS) is 27.4. The van der Waals surface area contributed by atoms with Crippen molar-refractivity contribution in [1.82, 2.24) is 0 Å². The number of alkyl halides is 1. The number of halogens is 3. The van der Waals surface area contributed by atoms with E-state index in [0.717, 1.165) is 5.56 Å². The van der Waals surface area contributed by atoms with Gasteiger partial charge >= 0.3 is 0 Å². The Balaban J connectivity index is 2.16. The SMILES string of the molecule is OC(F)C1CC1c1ccc(Cl)c(Cl)c1. The van der Waals surface area contributed by atoms with Gasteiger partial charge in [0.15, 0.2) is 6.36 Å². The van der Waals surface area contributed by atoms with Crippen molar-refractivity contribution in [3.63, 3.8) is 0 Å². The van der Waals surface area contributed by atoms with Crippen LogP contribution >= 0.6 is 23.2 Å². The van der Waals surface area contributed by atoms with E-state index in [9.17, 15) is 4.39 Å². The molecule has 3 unspecified atom stereocenters. The summed E-state index contributed by atoms with van der Waals surface area (Å²) < 4.78 is 12.5. The number of aliphatic hydroxyl groups is 1. The van der Waals surface area contributed by atoms with E-state index >= 15 is 0 Å². The van der Waals surface area contributed by atoms with E-state index < -0.39 is 6.36 Å². The van der Waals surface area contributed by atoms with Gasteiger partial charge in [-0.05, 0) is 30.0 Å². The summed E-state index contributed by atoms with van der Waals surface area (Å²) in [5.41, 5.74) is 0.945. The van der Waals surface area contributed by atoms with Crippen molar-refractivity contribution in [3.8, 4) is 0 Å². The highest BCUT2D eigenvalue weighted by Gasteiger charge is 2.43. The van der Waals surface area contributed by atoms with Crippen molar-refractivity contribution in [1.29, 1.82) is 0 Å². The maximum absolute atomic E-state index is 12.5. The maximum atomic E-state index is 12.5. The monoisotopic (exact) mass is 234 g/mol. The Morgan fingerprint density at radius 3 is 2.57 bits per heavy atom. The minimum absolute atomic E-state index is 0.0877. The van der Waals surface area contributed by atoms with Crippen molar-refractivity contribution < 1.29 is 9.50 Å². The molecule has 1 fully saturated rings. The summed E-state index contributed by atoms with van der Waals surface area (Å²) in [6, 6.07) is 5.25. The van der Waals surface area contributed by atoms with Gasteiger partial charge in [0.1, 0.15) is 0 Å². The number of aliphatic hydroxyl groups excluding tert-OH is 1. The third kappa shape index (κ3) is 1.88. The van der Waals surface area contributed by atoms with Crippen LogP contribution in [-0.4, -0.2) is 11.5 Å². The number of benzene rings is 1. The zero-order valence-electron chi connectivity index (χ0n) is 7.25. The molecule has 0 radical (unpaired) electrons. The molecule has 0 spiro atoms. The van der Waals surface area contributed by atoms with Gasteiger partial charge in [-0.25, -0.2) is 4.39 Å². The van der Waals surface area contributed by atoms with Gasteiger partial charge in [-0.1, -0.05) is 29.3 Å². The van der Waals surface area contributed by atoms with Crippen LogP contribution < -0.4 is 0 Å². The highest BCUT2D eigenvalue weighted by atomic mass is 35.5. The van der Waals surface area contributed by atoms with Crippen molar-refractivity contribution in [2.75, 3.05) is 0 Å². The number of rotatable bonds is 2. The highest BCUT2D eigenvalue weighted by Crippen LogP contribution is 2.50. The fourth-order valence-corrected chi connectivity index (χ4v) is 1.95. The summed E-state index contributed by atoms with van der Waals surface area (Å²) in [5, 5.41) is 9.69. The third-order valence-corrected chi connectivity index (χ3v) is 3.30. The van der Waals surface area contributed by atoms with Crippen LogP contribution in [-0.2, 0) is 0 Å². The third-order valence-electron chi connectivity index (χ3n) is 2.56. The second-order valence-electron chi connectivity index (χ2n) is 3.55. The molecule has 3 atom stereocenters. The second-order valence-corrected chi connectivity index (χ2v) is 4.37. The molecule has 1 saturated carbocycles. The van der Waals surface area contributed by atoms with Gasteiger partial charge in [0.05, 0.1) is 10.0 Å². The van der Waals surface area contributed by atoms with E-state index in [0.29, 0.717) is 16.5 Å². The van der Waals surface area contributed by atoms with Crippen LogP contribution in [0, 0.1) is 5.92 Å². The number of hydrogen-bond acceptors (Lipinski definition) is 1. The molecule has 76 valence electrons. The quantitative estimate of drug-likeness (QED) is 0.832. The van der Waals surface area contributed by atoms with Gasteiger partial charge < -0.3 is 5.11 Å². The molecule has 0 aliphatic heterocycles. The van der Waals surface area contributed by atoms with Crippen LogP contribution in [0.1, 0.15) is 17.9 Å². The molecule has 1 nitrogen and oxygen atoms in total. The predicted molar refractivity (Wildman–Crippen MR) is 54.4 cm³/mol. The van der Waals surface area contributed by atoms with Crippen molar-refractivity contribution in [2.24, 2.45) is 5.92 Å². The molecule has 1 N–H and O–H groups in total. The average molecular weight is 235 g/mol. The minimum Gasteiger partial charge on any atom is -0.364 e.